The van der Waals surface area contributed by atoms with Gasteiger partial charge in [0.25, 0.3) is 0 Å². The summed E-state index contributed by atoms with van der Waals surface area (Å²) >= 11 is 1.63. The molecule has 2 radical (unpaired) electrons. The van der Waals surface area contributed by atoms with Crippen molar-refractivity contribution in [2.75, 3.05) is 0 Å². The highest BCUT2D eigenvalue weighted by Crippen LogP contribution is 2.19. The predicted molar refractivity (Wildman–Crippen MR) is 46.0 cm³/mol. The van der Waals surface area contributed by atoms with Gasteiger partial charge in [-0.3, -0.25) is 0 Å². The van der Waals surface area contributed by atoms with Crippen LogP contribution in [0, 0.1) is 12.7 Å². The molecule has 0 fully saturated rings. The molecule has 1 heteroatoms. The molecule has 0 aromatic heterocycles. The summed E-state index contributed by atoms with van der Waals surface area (Å²) in [7, 11) is 0. The molecule has 0 amide bonds. The highest BCUT2D eigenvalue weighted by molar-refractivity contribution is 8.01. The van der Waals surface area contributed by atoms with E-state index in [9.17, 15) is 0 Å². The molecule has 0 saturated carbocycles. The van der Waals surface area contributed by atoms with Crippen LogP contribution in [0.1, 0.15) is 12.5 Å². The third-order valence-corrected chi connectivity index (χ3v) is 1.95. The minimum atomic E-state index is 1.26. The van der Waals surface area contributed by atoms with Crippen molar-refractivity contribution in [3.05, 3.63) is 35.6 Å². The van der Waals surface area contributed by atoms with Crippen LogP contribution in [0.5, 0.6) is 0 Å². The number of aryl methyl sites for hydroxylation is 1. The molecular weight excluding hydrogens is 140 g/mol. The first-order valence-electron chi connectivity index (χ1n) is 3.23. The molecule has 52 valence electrons. The summed E-state index contributed by atoms with van der Waals surface area (Å²) in [6.07, 6.45) is 0. The number of rotatable bonds is 2. The third kappa shape index (κ3) is 2.07. The van der Waals surface area contributed by atoms with Crippen LogP contribution >= 0.6 is 11.8 Å². The van der Waals surface area contributed by atoms with E-state index in [1.165, 1.54) is 10.5 Å². The lowest BCUT2D eigenvalue weighted by molar-refractivity contribution is 1.38. The molecular formula is C9H10S. The summed E-state index contributed by atoms with van der Waals surface area (Å²) in [5.41, 5.74) is 1.31. The molecule has 0 aliphatic carbocycles. The van der Waals surface area contributed by atoms with Gasteiger partial charge in [-0.1, -0.05) is 17.7 Å². The van der Waals surface area contributed by atoms with Crippen molar-refractivity contribution in [2.24, 2.45) is 0 Å². The van der Waals surface area contributed by atoms with Gasteiger partial charge < -0.3 is 0 Å². The second-order valence-corrected chi connectivity index (χ2v) is 3.20. The van der Waals surface area contributed by atoms with E-state index < -0.39 is 0 Å². The van der Waals surface area contributed by atoms with Crippen LogP contribution in [0.25, 0.3) is 0 Å². The molecule has 0 unspecified atom stereocenters. The van der Waals surface area contributed by atoms with Crippen LogP contribution in [0.3, 0.4) is 0 Å². The Labute approximate surface area is 66.6 Å². The monoisotopic (exact) mass is 150 g/mol. The zero-order valence-corrected chi connectivity index (χ0v) is 7.03. The average Bonchev–Trinajstić information content (AvgIpc) is 1.95. The van der Waals surface area contributed by atoms with Gasteiger partial charge in [0.15, 0.2) is 0 Å². The van der Waals surface area contributed by atoms with E-state index in [4.69, 9.17) is 0 Å². The van der Waals surface area contributed by atoms with Crippen molar-refractivity contribution in [1.82, 2.24) is 0 Å². The molecule has 10 heavy (non-hydrogen) atoms. The first-order chi connectivity index (χ1) is 4.83. The van der Waals surface area contributed by atoms with Crippen molar-refractivity contribution in [3.63, 3.8) is 0 Å². The number of benzene rings is 1. The fourth-order valence-electron chi connectivity index (χ4n) is 0.724. The lowest BCUT2D eigenvalue weighted by Gasteiger charge is -1.96. The summed E-state index contributed by atoms with van der Waals surface area (Å²) in [6.45, 7) is 4.01. The Bertz CT molecular complexity index is 188. The molecule has 0 aliphatic heterocycles. The van der Waals surface area contributed by atoms with Crippen molar-refractivity contribution < 1.29 is 0 Å². The largest absolute Gasteiger partial charge is 0.117 e. The summed E-state index contributed by atoms with van der Waals surface area (Å²) in [5, 5.41) is 0. The van der Waals surface area contributed by atoms with Crippen molar-refractivity contribution in [3.8, 4) is 0 Å². The Morgan fingerprint density at radius 2 is 1.80 bits per heavy atom. The molecule has 1 rings (SSSR count). The van der Waals surface area contributed by atoms with Gasteiger partial charge in [-0.25, -0.2) is 0 Å². The lowest BCUT2D eigenvalue weighted by atomic mass is 10.2. The van der Waals surface area contributed by atoms with Gasteiger partial charge >= 0.3 is 0 Å². The standard InChI is InChI=1S/C9H10S/c1-3-10-9-6-4-8(2)5-7-9/h4-7H,1-2H3. The van der Waals surface area contributed by atoms with E-state index in [0.717, 1.165) is 0 Å². The fraction of sp³-hybridized carbons (Fsp3) is 0.222. The van der Waals surface area contributed by atoms with Crippen LogP contribution in [-0.2, 0) is 0 Å². The minimum absolute atomic E-state index is 1.26. The van der Waals surface area contributed by atoms with Gasteiger partial charge in [0.1, 0.15) is 0 Å². The van der Waals surface area contributed by atoms with Crippen molar-refractivity contribution >= 4 is 11.8 Å². The second-order valence-electron chi connectivity index (χ2n) is 2.12. The van der Waals surface area contributed by atoms with E-state index in [-0.39, 0.29) is 0 Å². The van der Waals surface area contributed by atoms with Gasteiger partial charge in [-0.05, 0) is 26.0 Å². The van der Waals surface area contributed by atoms with Crippen LogP contribution in [0.15, 0.2) is 29.2 Å². The number of hydrogen-bond donors (Lipinski definition) is 0. The van der Waals surface area contributed by atoms with E-state index in [0.29, 0.717) is 0 Å². The molecule has 0 heterocycles. The third-order valence-electron chi connectivity index (χ3n) is 1.24. The van der Waals surface area contributed by atoms with Crippen LogP contribution in [0.2, 0.25) is 0 Å². The molecule has 1 aromatic rings. The molecule has 0 saturated heterocycles. The maximum Gasteiger partial charge on any atom is 0.0501 e. The Morgan fingerprint density at radius 3 is 2.30 bits per heavy atom. The number of hydrogen-bond acceptors (Lipinski definition) is 1. The molecule has 0 nitrogen and oxygen atoms in total. The Morgan fingerprint density at radius 1 is 1.20 bits per heavy atom. The van der Waals surface area contributed by atoms with Crippen LogP contribution in [0.4, 0.5) is 0 Å². The van der Waals surface area contributed by atoms with Gasteiger partial charge in [-0.15, -0.1) is 11.8 Å². The molecule has 0 bridgehead atoms. The molecule has 1 aromatic carbocycles. The summed E-state index contributed by atoms with van der Waals surface area (Å²) in [6, 6.07) is 8.44. The van der Waals surface area contributed by atoms with E-state index >= 15 is 0 Å². The lowest BCUT2D eigenvalue weighted by Crippen LogP contribution is -1.71. The zero-order valence-electron chi connectivity index (χ0n) is 6.22. The van der Waals surface area contributed by atoms with E-state index in [2.05, 4.69) is 36.9 Å². The van der Waals surface area contributed by atoms with E-state index in [1.807, 2.05) is 6.92 Å². The minimum Gasteiger partial charge on any atom is -0.117 e. The van der Waals surface area contributed by atoms with Crippen molar-refractivity contribution in [1.29, 1.82) is 0 Å². The highest BCUT2D eigenvalue weighted by atomic mass is 32.2. The maximum absolute atomic E-state index is 3.02. The Kier molecular flexibility index (Phi) is 2.82. The summed E-state index contributed by atoms with van der Waals surface area (Å²) < 4.78 is 0. The first kappa shape index (κ1) is 7.67. The summed E-state index contributed by atoms with van der Waals surface area (Å²) in [4.78, 5) is 1.26. The molecule has 0 aliphatic rings. The Hall–Kier alpha value is -0.430. The van der Waals surface area contributed by atoms with Gasteiger partial charge in [0.2, 0.25) is 0 Å². The highest BCUT2D eigenvalue weighted by Gasteiger charge is 1.89. The predicted octanol–water partition coefficient (Wildman–Crippen LogP) is 3.15. The van der Waals surface area contributed by atoms with Crippen LogP contribution < -0.4 is 0 Å². The average molecular weight is 150 g/mol. The molecule has 0 atom stereocenters. The second kappa shape index (κ2) is 3.67. The fourth-order valence-corrected chi connectivity index (χ4v) is 1.23. The molecule has 0 N–H and O–H groups in total. The van der Waals surface area contributed by atoms with Gasteiger partial charge in [0.05, 0.1) is 5.75 Å². The normalized spacial score (nSPS) is 9.80. The Balaban J connectivity index is 2.69. The van der Waals surface area contributed by atoms with Crippen molar-refractivity contribution in [2.45, 2.75) is 18.7 Å². The van der Waals surface area contributed by atoms with E-state index in [1.54, 1.807) is 11.8 Å². The first-order valence-corrected chi connectivity index (χ1v) is 4.05. The summed E-state index contributed by atoms with van der Waals surface area (Å²) in [5.74, 6) is 3.02. The van der Waals surface area contributed by atoms with Gasteiger partial charge in [-0.2, -0.15) is 0 Å². The zero-order chi connectivity index (χ0) is 7.40. The van der Waals surface area contributed by atoms with Gasteiger partial charge in [0, 0.05) is 4.90 Å². The SMILES string of the molecule is C[C]Sc1ccc(C)cc1. The topological polar surface area (TPSA) is 0 Å². The smallest absolute Gasteiger partial charge is 0.0501 e. The number of thioether (sulfide) groups is 1. The maximum atomic E-state index is 3.02. The quantitative estimate of drug-likeness (QED) is 0.583. The molecule has 0 spiro atoms. The van der Waals surface area contributed by atoms with Crippen LogP contribution in [-0.4, -0.2) is 0 Å².